The molecule has 1 aliphatic heterocycles. The summed E-state index contributed by atoms with van der Waals surface area (Å²) < 4.78 is 5.59. The summed E-state index contributed by atoms with van der Waals surface area (Å²) in [5.41, 5.74) is 4.25. The van der Waals surface area contributed by atoms with Crippen LogP contribution in [-0.2, 0) is 17.6 Å². The van der Waals surface area contributed by atoms with E-state index in [0.717, 1.165) is 31.6 Å². The van der Waals surface area contributed by atoms with E-state index in [1.165, 1.54) is 16.7 Å². The largest absolute Gasteiger partial charge is 0.493 e. The van der Waals surface area contributed by atoms with Gasteiger partial charge in [0.25, 0.3) is 0 Å². The van der Waals surface area contributed by atoms with Crippen LogP contribution in [0.3, 0.4) is 0 Å². The maximum absolute atomic E-state index is 11.3. The molecule has 1 aromatic rings. The molecule has 0 saturated heterocycles. The van der Waals surface area contributed by atoms with Gasteiger partial charge in [-0.05, 0) is 42.9 Å². The Morgan fingerprint density at radius 2 is 2.31 bits per heavy atom. The summed E-state index contributed by atoms with van der Waals surface area (Å²) in [5.74, 6) is 1.80. The lowest BCUT2D eigenvalue weighted by Crippen LogP contribution is -2.03. The van der Waals surface area contributed by atoms with E-state index >= 15 is 0 Å². The molecule has 2 heteroatoms. The summed E-state index contributed by atoms with van der Waals surface area (Å²) >= 11 is 0. The summed E-state index contributed by atoms with van der Waals surface area (Å²) in [4.78, 5) is 11.3. The van der Waals surface area contributed by atoms with Gasteiger partial charge < -0.3 is 9.53 Å². The molecule has 1 heterocycles. The fraction of sp³-hybridized carbons (Fsp3) is 0.500. The van der Waals surface area contributed by atoms with Crippen LogP contribution in [0.2, 0.25) is 0 Å². The van der Waals surface area contributed by atoms with Gasteiger partial charge in [-0.25, -0.2) is 0 Å². The van der Waals surface area contributed by atoms with Gasteiger partial charge in [0, 0.05) is 18.4 Å². The maximum atomic E-state index is 11.3. The number of carbonyl (C=O) groups is 1. The van der Waals surface area contributed by atoms with E-state index in [0.29, 0.717) is 18.1 Å². The third kappa shape index (κ3) is 1.44. The number of hydrogen-bond donors (Lipinski definition) is 0. The molecule has 2 nitrogen and oxygen atoms in total. The lowest BCUT2D eigenvalue weighted by Gasteiger charge is -2.13. The van der Waals surface area contributed by atoms with Gasteiger partial charge in [-0.15, -0.1) is 0 Å². The van der Waals surface area contributed by atoms with Gasteiger partial charge in [0.1, 0.15) is 11.5 Å². The number of carbonyl (C=O) groups excluding carboxylic acids is 1. The molecule has 0 spiro atoms. The monoisotopic (exact) mass is 216 g/mol. The Balaban J connectivity index is 2.03. The van der Waals surface area contributed by atoms with Gasteiger partial charge in [0.15, 0.2) is 0 Å². The molecule has 0 amide bonds. The molecule has 16 heavy (non-hydrogen) atoms. The topological polar surface area (TPSA) is 26.3 Å². The summed E-state index contributed by atoms with van der Waals surface area (Å²) in [6.07, 6.45) is 3.97. The average Bonchev–Trinajstić information content (AvgIpc) is 2.82. The Morgan fingerprint density at radius 3 is 3.12 bits per heavy atom. The highest BCUT2D eigenvalue weighted by molar-refractivity contribution is 5.77. The fourth-order valence-electron chi connectivity index (χ4n) is 3.10. The van der Waals surface area contributed by atoms with Crippen LogP contribution in [0.5, 0.6) is 5.75 Å². The second-order valence-corrected chi connectivity index (χ2v) is 4.86. The Kier molecular flexibility index (Phi) is 2.23. The van der Waals surface area contributed by atoms with Crippen LogP contribution in [0.4, 0.5) is 0 Å². The highest BCUT2D eigenvalue weighted by atomic mass is 16.5. The molecule has 0 unspecified atom stereocenters. The number of ether oxygens (including phenoxy) is 1. The van der Waals surface area contributed by atoms with Crippen molar-refractivity contribution in [3.63, 3.8) is 0 Å². The Labute approximate surface area is 95.6 Å². The Morgan fingerprint density at radius 1 is 1.44 bits per heavy atom. The van der Waals surface area contributed by atoms with Gasteiger partial charge in [-0.2, -0.15) is 0 Å². The number of benzene rings is 1. The molecular weight excluding hydrogens is 200 g/mol. The lowest BCUT2D eigenvalue weighted by molar-refractivity contribution is -0.117. The van der Waals surface area contributed by atoms with E-state index in [-0.39, 0.29) is 0 Å². The Bertz CT molecular complexity index is 448. The zero-order valence-electron chi connectivity index (χ0n) is 9.58. The van der Waals surface area contributed by atoms with E-state index < -0.39 is 0 Å². The molecule has 1 aliphatic carbocycles. The molecule has 1 aromatic carbocycles. The van der Waals surface area contributed by atoms with Crippen LogP contribution >= 0.6 is 0 Å². The molecular formula is C14H16O2. The quantitative estimate of drug-likeness (QED) is 0.759. The minimum Gasteiger partial charge on any atom is -0.493 e. The molecule has 0 bridgehead atoms. The number of aryl methyl sites for hydroxylation is 1. The van der Waals surface area contributed by atoms with E-state index in [4.69, 9.17) is 4.74 Å². The molecule has 2 aliphatic rings. The third-order valence-electron chi connectivity index (χ3n) is 3.72. The van der Waals surface area contributed by atoms with Crippen molar-refractivity contribution in [2.45, 2.75) is 38.5 Å². The van der Waals surface area contributed by atoms with Crippen molar-refractivity contribution >= 4 is 5.78 Å². The first-order chi connectivity index (χ1) is 7.75. The second kappa shape index (κ2) is 3.62. The average molecular weight is 216 g/mol. The number of fused-ring (bicyclic) bond motifs is 3. The van der Waals surface area contributed by atoms with Gasteiger partial charge in [-0.1, -0.05) is 6.07 Å². The normalized spacial score (nSPS) is 21.4. The van der Waals surface area contributed by atoms with Crippen molar-refractivity contribution in [2.75, 3.05) is 6.61 Å². The summed E-state index contributed by atoms with van der Waals surface area (Å²) in [6.45, 7) is 2.50. The first-order valence-electron chi connectivity index (χ1n) is 6.02. The fourth-order valence-corrected chi connectivity index (χ4v) is 3.10. The van der Waals surface area contributed by atoms with Crippen molar-refractivity contribution in [3.05, 3.63) is 28.8 Å². The second-order valence-electron chi connectivity index (χ2n) is 4.86. The van der Waals surface area contributed by atoms with Gasteiger partial charge in [0.05, 0.1) is 6.61 Å². The van der Waals surface area contributed by atoms with Crippen molar-refractivity contribution in [2.24, 2.45) is 0 Å². The van der Waals surface area contributed by atoms with Crippen LogP contribution < -0.4 is 4.74 Å². The summed E-state index contributed by atoms with van der Waals surface area (Å²) in [6, 6.07) is 4.27. The van der Waals surface area contributed by atoms with Gasteiger partial charge in [-0.3, -0.25) is 0 Å². The Hall–Kier alpha value is -1.31. The van der Waals surface area contributed by atoms with E-state index in [1.54, 1.807) is 6.92 Å². The van der Waals surface area contributed by atoms with E-state index in [9.17, 15) is 4.79 Å². The molecule has 0 N–H and O–H groups in total. The minimum atomic E-state index is 0.300. The molecule has 3 rings (SSSR count). The minimum absolute atomic E-state index is 0.300. The predicted molar refractivity (Wildman–Crippen MR) is 62.0 cm³/mol. The standard InChI is InChI=1S/C14H16O2/c1-9(15)8-11-3-2-10-4-5-13-12(14(10)11)6-7-16-13/h4-5,11H,2-3,6-8H2,1H3/t11-/m0/s1. The smallest absolute Gasteiger partial charge is 0.130 e. The first kappa shape index (κ1) is 9.88. The summed E-state index contributed by atoms with van der Waals surface area (Å²) in [7, 11) is 0. The molecule has 0 aromatic heterocycles. The summed E-state index contributed by atoms with van der Waals surface area (Å²) in [5, 5.41) is 0. The predicted octanol–water partition coefficient (Wildman–Crippen LogP) is 2.63. The number of hydrogen-bond acceptors (Lipinski definition) is 2. The molecule has 1 atom stereocenters. The van der Waals surface area contributed by atoms with Crippen LogP contribution in [0, 0.1) is 0 Å². The molecule has 84 valence electrons. The molecule has 0 saturated carbocycles. The SMILES string of the molecule is CC(=O)C[C@@H]1CCc2ccc3c(c21)CCO3. The lowest BCUT2D eigenvalue weighted by atomic mass is 9.91. The highest BCUT2D eigenvalue weighted by Crippen LogP contribution is 2.43. The molecule has 0 radical (unpaired) electrons. The molecule has 0 fully saturated rings. The van der Waals surface area contributed by atoms with Crippen LogP contribution in [-0.4, -0.2) is 12.4 Å². The van der Waals surface area contributed by atoms with Crippen molar-refractivity contribution in [1.82, 2.24) is 0 Å². The van der Waals surface area contributed by atoms with Crippen LogP contribution in [0.25, 0.3) is 0 Å². The third-order valence-corrected chi connectivity index (χ3v) is 3.72. The van der Waals surface area contributed by atoms with Crippen LogP contribution in [0.15, 0.2) is 12.1 Å². The first-order valence-corrected chi connectivity index (χ1v) is 6.02. The number of ketones is 1. The zero-order chi connectivity index (χ0) is 11.1. The van der Waals surface area contributed by atoms with Crippen molar-refractivity contribution in [1.29, 1.82) is 0 Å². The van der Waals surface area contributed by atoms with Crippen LogP contribution in [0.1, 0.15) is 42.4 Å². The zero-order valence-corrected chi connectivity index (χ0v) is 9.58. The maximum Gasteiger partial charge on any atom is 0.130 e. The number of Topliss-reactive ketones (excluding diaryl/α,β-unsaturated/α-hetero) is 1. The highest BCUT2D eigenvalue weighted by Gasteiger charge is 2.29. The van der Waals surface area contributed by atoms with Crippen molar-refractivity contribution < 1.29 is 9.53 Å². The van der Waals surface area contributed by atoms with Gasteiger partial charge in [0.2, 0.25) is 0 Å². The number of rotatable bonds is 2. The van der Waals surface area contributed by atoms with E-state index in [1.807, 2.05) is 0 Å². The van der Waals surface area contributed by atoms with E-state index in [2.05, 4.69) is 12.1 Å². The van der Waals surface area contributed by atoms with Crippen molar-refractivity contribution in [3.8, 4) is 5.75 Å². The van der Waals surface area contributed by atoms with Gasteiger partial charge >= 0.3 is 0 Å².